The lowest BCUT2D eigenvalue weighted by Crippen LogP contribution is -2.30. The van der Waals surface area contributed by atoms with Crippen LogP contribution in [0.2, 0.25) is 0 Å². The van der Waals surface area contributed by atoms with Crippen LogP contribution in [0.3, 0.4) is 0 Å². The molecule has 1 fully saturated rings. The quantitative estimate of drug-likeness (QED) is 0.651. The van der Waals surface area contributed by atoms with Crippen LogP contribution in [0.25, 0.3) is 11.0 Å². The number of fused-ring (bicyclic) bond motifs is 1. The monoisotopic (exact) mass is 326 g/mol. The summed E-state index contributed by atoms with van der Waals surface area (Å²) in [5.41, 5.74) is 1.35. The van der Waals surface area contributed by atoms with Crippen LogP contribution in [0.5, 0.6) is 6.01 Å². The number of benzene rings is 1. The Labute approximate surface area is 134 Å². The molecule has 7 nitrogen and oxygen atoms in total. The first-order valence-electron chi connectivity index (χ1n) is 7.20. The van der Waals surface area contributed by atoms with E-state index in [1.807, 2.05) is 0 Å². The van der Waals surface area contributed by atoms with Crippen LogP contribution < -0.4 is 10.1 Å². The maximum Gasteiger partial charge on any atom is 0.294 e. The van der Waals surface area contributed by atoms with E-state index in [4.69, 9.17) is 4.74 Å². The van der Waals surface area contributed by atoms with Gasteiger partial charge in [0.2, 0.25) is 0 Å². The van der Waals surface area contributed by atoms with E-state index in [1.54, 1.807) is 6.07 Å². The zero-order valence-corrected chi connectivity index (χ0v) is 12.9. The van der Waals surface area contributed by atoms with Crippen molar-refractivity contribution in [2.75, 3.05) is 19.7 Å². The van der Waals surface area contributed by atoms with E-state index in [2.05, 4.69) is 15.3 Å². The van der Waals surface area contributed by atoms with Gasteiger partial charge in [0.1, 0.15) is 0 Å². The van der Waals surface area contributed by atoms with Crippen molar-refractivity contribution in [1.29, 1.82) is 0 Å². The smallest absolute Gasteiger partial charge is 0.294 e. The molecule has 1 aliphatic heterocycles. The Morgan fingerprint density at radius 1 is 1.45 bits per heavy atom. The molecule has 0 saturated carbocycles. The molecule has 1 aromatic heterocycles. The number of hydrogen-bond acceptors (Lipinski definition) is 5. The number of nitro benzene ring substituents is 1. The number of halogens is 1. The number of aromatic amines is 1. The van der Waals surface area contributed by atoms with Crippen molar-refractivity contribution in [3.05, 3.63) is 28.3 Å². The standard InChI is InChI=1S/C14H18N4O3.ClH/c19-18(20)11-3-4-12-13(8-11)17-14(16-12)21-7-5-10-2-1-6-15-9-10;/h3-4,8,10,15H,1-2,5-7,9H2,(H,16,17);1H. The average Bonchev–Trinajstić information content (AvgIpc) is 2.90. The van der Waals surface area contributed by atoms with Crippen LogP contribution in [0, 0.1) is 16.0 Å². The minimum Gasteiger partial charge on any atom is -0.465 e. The number of H-pyrrole nitrogens is 1. The van der Waals surface area contributed by atoms with Crippen LogP contribution in [0.15, 0.2) is 18.2 Å². The lowest BCUT2D eigenvalue weighted by atomic mass is 9.97. The summed E-state index contributed by atoms with van der Waals surface area (Å²) in [7, 11) is 0. The van der Waals surface area contributed by atoms with Crippen molar-refractivity contribution in [1.82, 2.24) is 15.3 Å². The molecule has 1 saturated heterocycles. The van der Waals surface area contributed by atoms with Gasteiger partial charge >= 0.3 is 0 Å². The number of aromatic nitrogens is 2. The predicted octanol–water partition coefficient (Wildman–Crippen LogP) is 2.66. The Kier molecular flexibility index (Phi) is 5.57. The lowest BCUT2D eigenvalue weighted by molar-refractivity contribution is -0.384. The van der Waals surface area contributed by atoms with Crippen molar-refractivity contribution in [3.63, 3.8) is 0 Å². The molecule has 2 heterocycles. The number of non-ortho nitro benzene ring substituents is 1. The third-order valence-electron chi connectivity index (χ3n) is 3.82. The van der Waals surface area contributed by atoms with E-state index in [0.717, 1.165) is 19.5 Å². The van der Waals surface area contributed by atoms with Crippen LogP contribution in [0.4, 0.5) is 5.69 Å². The molecule has 120 valence electrons. The molecule has 1 aromatic carbocycles. The van der Waals surface area contributed by atoms with Gasteiger partial charge in [0.05, 0.1) is 22.6 Å². The van der Waals surface area contributed by atoms with Gasteiger partial charge in [-0.15, -0.1) is 12.4 Å². The maximum atomic E-state index is 10.7. The van der Waals surface area contributed by atoms with Gasteiger partial charge in [-0.05, 0) is 44.3 Å². The van der Waals surface area contributed by atoms with Gasteiger partial charge in [-0.2, -0.15) is 4.98 Å². The SMILES string of the molecule is Cl.O=[N+]([O-])c1ccc2nc(OCCC3CCCNC3)[nH]c2c1. The normalized spacial score (nSPS) is 17.9. The van der Waals surface area contributed by atoms with Crippen molar-refractivity contribution >= 4 is 29.1 Å². The van der Waals surface area contributed by atoms with Crippen molar-refractivity contribution in [3.8, 4) is 6.01 Å². The molecule has 0 aliphatic carbocycles. The Morgan fingerprint density at radius 2 is 2.32 bits per heavy atom. The number of piperidine rings is 1. The van der Waals surface area contributed by atoms with Gasteiger partial charge in [0.25, 0.3) is 11.7 Å². The summed E-state index contributed by atoms with van der Waals surface area (Å²) in [4.78, 5) is 17.6. The number of imidazole rings is 1. The summed E-state index contributed by atoms with van der Waals surface area (Å²) in [6.07, 6.45) is 3.45. The summed E-state index contributed by atoms with van der Waals surface area (Å²) >= 11 is 0. The highest BCUT2D eigenvalue weighted by Gasteiger charge is 2.14. The maximum absolute atomic E-state index is 10.7. The summed E-state index contributed by atoms with van der Waals surface area (Å²) < 4.78 is 5.63. The van der Waals surface area contributed by atoms with Gasteiger partial charge in [0, 0.05) is 12.1 Å². The van der Waals surface area contributed by atoms with Gasteiger partial charge in [0.15, 0.2) is 0 Å². The molecule has 0 spiro atoms. The number of hydrogen-bond donors (Lipinski definition) is 2. The molecule has 8 heteroatoms. The van der Waals surface area contributed by atoms with Crippen LogP contribution in [0.1, 0.15) is 19.3 Å². The zero-order valence-electron chi connectivity index (χ0n) is 12.1. The summed E-state index contributed by atoms with van der Waals surface area (Å²) in [6.45, 7) is 2.77. The molecule has 0 bridgehead atoms. The fourth-order valence-electron chi connectivity index (χ4n) is 2.65. The van der Waals surface area contributed by atoms with Gasteiger partial charge in [-0.25, -0.2) is 0 Å². The molecule has 1 aliphatic rings. The Bertz CT molecular complexity index is 640. The van der Waals surface area contributed by atoms with E-state index in [9.17, 15) is 10.1 Å². The minimum absolute atomic E-state index is 0. The molecule has 22 heavy (non-hydrogen) atoms. The largest absolute Gasteiger partial charge is 0.465 e. The highest BCUT2D eigenvalue weighted by atomic mass is 35.5. The third kappa shape index (κ3) is 3.86. The number of nitro groups is 1. The molecule has 2 N–H and O–H groups in total. The summed E-state index contributed by atoms with van der Waals surface area (Å²) in [5.74, 6) is 0.657. The molecular weight excluding hydrogens is 308 g/mol. The van der Waals surface area contributed by atoms with Crippen LogP contribution in [-0.4, -0.2) is 34.6 Å². The van der Waals surface area contributed by atoms with Crippen molar-refractivity contribution < 1.29 is 9.66 Å². The first kappa shape index (κ1) is 16.5. The van der Waals surface area contributed by atoms with Gasteiger partial charge in [-0.3, -0.25) is 10.1 Å². The molecular formula is C14H19ClN4O3. The second-order valence-corrected chi connectivity index (χ2v) is 5.35. The van der Waals surface area contributed by atoms with Crippen molar-refractivity contribution in [2.45, 2.75) is 19.3 Å². The van der Waals surface area contributed by atoms with E-state index in [-0.39, 0.29) is 18.1 Å². The Balaban J connectivity index is 0.00000176. The van der Waals surface area contributed by atoms with Crippen LogP contribution in [-0.2, 0) is 0 Å². The minimum atomic E-state index is -0.420. The highest BCUT2D eigenvalue weighted by Crippen LogP contribution is 2.22. The first-order valence-corrected chi connectivity index (χ1v) is 7.20. The summed E-state index contributed by atoms with van der Waals surface area (Å²) in [6, 6.07) is 4.97. The Morgan fingerprint density at radius 3 is 3.05 bits per heavy atom. The number of rotatable bonds is 5. The average molecular weight is 327 g/mol. The number of nitrogens with zero attached hydrogens (tertiary/aromatic N) is 2. The molecule has 1 unspecified atom stereocenters. The summed E-state index contributed by atoms with van der Waals surface area (Å²) in [5, 5.41) is 14.1. The number of ether oxygens (including phenoxy) is 1. The predicted molar refractivity (Wildman–Crippen MR) is 85.7 cm³/mol. The molecule has 0 amide bonds. The van der Waals surface area contributed by atoms with Gasteiger partial charge in [-0.1, -0.05) is 0 Å². The van der Waals surface area contributed by atoms with E-state index < -0.39 is 4.92 Å². The van der Waals surface area contributed by atoms with Gasteiger partial charge < -0.3 is 15.0 Å². The zero-order chi connectivity index (χ0) is 14.7. The highest BCUT2D eigenvalue weighted by molar-refractivity contribution is 5.85. The topological polar surface area (TPSA) is 93.1 Å². The van der Waals surface area contributed by atoms with E-state index in [0.29, 0.717) is 29.6 Å². The fourth-order valence-corrected chi connectivity index (χ4v) is 2.65. The van der Waals surface area contributed by atoms with E-state index >= 15 is 0 Å². The molecule has 0 radical (unpaired) electrons. The molecule has 3 rings (SSSR count). The lowest BCUT2D eigenvalue weighted by Gasteiger charge is -2.22. The van der Waals surface area contributed by atoms with E-state index in [1.165, 1.54) is 25.0 Å². The van der Waals surface area contributed by atoms with Crippen LogP contribution >= 0.6 is 12.4 Å². The number of nitrogens with one attached hydrogen (secondary N) is 2. The molecule has 2 aromatic rings. The van der Waals surface area contributed by atoms with Crippen molar-refractivity contribution in [2.24, 2.45) is 5.92 Å². The Hall–Kier alpha value is -1.86. The first-order chi connectivity index (χ1) is 10.2. The second kappa shape index (κ2) is 7.42. The molecule has 1 atom stereocenters. The fraction of sp³-hybridized carbons (Fsp3) is 0.500. The second-order valence-electron chi connectivity index (χ2n) is 5.35. The third-order valence-corrected chi connectivity index (χ3v) is 3.82.